The van der Waals surface area contributed by atoms with Gasteiger partial charge in [-0.15, -0.1) is 11.3 Å². The highest BCUT2D eigenvalue weighted by atomic mass is 32.1. The molecule has 4 aromatic heterocycles. The van der Waals surface area contributed by atoms with Crippen LogP contribution >= 0.6 is 11.3 Å². The zero-order valence-corrected chi connectivity index (χ0v) is 25.7. The summed E-state index contributed by atoms with van der Waals surface area (Å²) in [6.07, 6.45) is 5.74. The highest BCUT2D eigenvalue weighted by Crippen LogP contribution is 2.33. The predicted molar refractivity (Wildman–Crippen MR) is 180 cm³/mol. The molecule has 1 aliphatic rings. The minimum Gasteiger partial charge on any atom is -0.369 e. The van der Waals surface area contributed by atoms with Crippen molar-refractivity contribution in [1.82, 2.24) is 29.2 Å². The third kappa shape index (κ3) is 6.40. The monoisotopic (exact) mass is 615 g/mol. The van der Waals surface area contributed by atoms with Gasteiger partial charge in [0.25, 0.3) is 0 Å². The Kier molecular flexibility index (Phi) is 8.17. The van der Waals surface area contributed by atoms with Crippen LogP contribution in [0.15, 0.2) is 96.9 Å². The number of carbonyl (C=O) groups excluding carboxylic acids is 1. The van der Waals surface area contributed by atoms with E-state index in [1.165, 1.54) is 17.0 Å². The molecule has 7 rings (SSSR count). The van der Waals surface area contributed by atoms with Crippen molar-refractivity contribution in [3.05, 3.63) is 102 Å². The van der Waals surface area contributed by atoms with Gasteiger partial charge in [0.1, 0.15) is 5.65 Å². The number of hydrogen-bond donors (Lipinski definition) is 2. The van der Waals surface area contributed by atoms with Gasteiger partial charge in [0.2, 0.25) is 11.9 Å². The molecule has 0 bridgehead atoms. The third-order valence-corrected chi connectivity index (χ3v) is 8.75. The Hall–Kier alpha value is -5.13. The molecule has 226 valence electrons. The SMILES string of the molecule is CCN1CCN(c2ccc(Nc3nccc(-c4c(-c5cccc(NC(=O)Cc6cncs6)c5)nc5ccccn45)n3)cc2)CC1. The molecule has 5 heterocycles. The minimum absolute atomic E-state index is 0.0924. The number of anilines is 4. The summed E-state index contributed by atoms with van der Waals surface area (Å²) >= 11 is 1.47. The van der Waals surface area contributed by atoms with Crippen LogP contribution in [0.25, 0.3) is 28.3 Å². The van der Waals surface area contributed by atoms with Crippen LogP contribution in [-0.4, -0.2) is 67.9 Å². The van der Waals surface area contributed by atoms with E-state index in [-0.39, 0.29) is 12.3 Å². The van der Waals surface area contributed by atoms with Crippen LogP contribution < -0.4 is 15.5 Å². The number of imidazole rings is 1. The number of pyridine rings is 1. The van der Waals surface area contributed by atoms with E-state index in [9.17, 15) is 4.79 Å². The maximum absolute atomic E-state index is 12.7. The van der Waals surface area contributed by atoms with Crippen LogP contribution in [0.2, 0.25) is 0 Å². The summed E-state index contributed by atoms with van der Waals surface area (Å²) < 4.78 is 2.03. The second kappa shape index (κ2) is 12.8. The van der Waals surface area contributed by atoms with Gasteiger partial charge in [-0.1, -0.05) is 25.1 Å². The molecular formula is C34H33N9OS. The first-order valence-corrected chi connectivity index (χ1v) is 15.9. The molecule has 0 atom stereocenters. The lowest BCUT2D eigenvalue weighted by Gasteiger charge is -2.35. The highest BCUT2D eigenvalue weighted by molar-refractivity contribution is 7.09. The molecular weight excluding hydrogens is 583 g/mol. The summed E-state index contributed by atoms with van der Waals surface area (Å²) in [6, 6.07) is 24.0. The molecule has 1 fully saturated rings. The van der Waals surface area contributed by atoms with Crippen LogP contribution in [-0.2, 0) is 11.2 Å². The lowest BCUT2D eigenvalue weighted by atomic mass is 10.1. The van der Waals surface area contributed by atoms with Crippen molar-refractivity contribution in [2.75, 3.05) is 48.3 Å². The van der Waals surface area contributed by atoms with Crippen molar-refractivity contribution in [3.63, 3.8) is 0 Å². The Labute approximate surface area is 265 Å². The fourth-order valence-electron chi connectivity index (χ4n) is 5.64. The maximum Gasteiger partial charge on any atom is 0.229 e. The van der Waals surface area contributed by atoms with E-state index >= 15 is 0 Å². The quantitative estimate of drug-likeness (QED) is 0.205. The van der Waals surface area contributed by atoms with Gasteiger partial charge < -0.3 is 20.4 Å². The summed E-state index contributed by atoms with van der Waals surface area (Å²) in [5.41, 5.74) is 8.57. The van der Waals surface area contributed by atoms with Gasteiger partial charge >= 0.3 is 0 Å². The van der Waals surface area contributed by atoms with Gasteiger partial charge in [0, 0.05) is 72.3 Å². The van der Waals surface area contributed by atoms with Crippen LogP contribution in [0.3, 0.4) is 0 Å². The fraction of sp³-hybridized carbons (Fsp3) is 0.206. The lowest BCUT2D eigenvalue weighted by Crippen LogP contribution is -2.46. The molecule has 2 aromatic carbocycles. The summed E-state index contributed by atoms with van der Waals surface area (Å²) in [7, 11) is 0. The molecule has 45 heavy (non-hydrogen) atoms. The van der Waals surface area contributed by atoms with E-state index in [1.807, 2.05) is 59.1 Å². The molecule has 0 aliphatic carbocycles. The summed E-state index contributed by atoms with van der Waals surface area (Å²) in [5, 5.41) is 6.39. The number of fused-ring (bicyclic) bond motifs is 1. The molecule has 10 nitrogen and oxygen atoms in total. The Morgan fingerprint density at radius 1 is 0.933 bits per heavy atom. The number of nitrogens with one attached hydrogen (secondary N) is 2. The maximum atomic E-state index is 12.7. The van der Waals surface area contributed by atoms with Gasteiger partial charge in [-0.25, -0.2) is 15.0 Å². The Morgan fingerprint density at radius 2 is 1.80 bits per heavy atom. The van der Waals surface area contributed by atoms with Crippen LogP contribution in [0.1, 0.15) is 11.8 Å². The molecule has 1 aliphatic heterocycles. The van der Waals surface area contributed by atoms with Crippen molar-refractivity contribution in [1.29, 1.82) is 0 Å². The predicted octanol–water partition coefficient (Wildman–Crippen LogP) is 5.98. The Balaban J connectivity index is 1.14. The number of rotatable bonds is 9. The minimum atomic E-state index is -0.0924. The summed E-state index contributed by atoms with van der Waals surface area (Å²) in [5.74, 6) is 0.406. The van der Waals surface area contributed by atoms with Crippen molar-refractivity contribution in [2.24, 2.45) is 0 Å². The second-order valence-corrected chi connectivity index (χ2v) is 11.8. The number of likely N-dealkylation sites (N-methyl/N-ethyl adjacent to an activating group) is 1. The van der Waals surface area contributed by atoms with Crippen LogP contribution in [0.5, 0.6) is 0 Å². The van der Waals surface area contributed by atoms with Gasteiger partial charge in [0.05, 0.1) is 29.0 Å². The van der Waals surface area contributed by atoms with Crippen LogP contribution in [0.4, 0.5) is 23.0 Å². The topological polar surface area (TPSA) is 104 Å². The van der Waals surface area contributed by atoms with Gasteiger partial charge in [0.15, 0.2) is 0 Å². The smallest absolute Gasteiger partial charge is 0.229 e. The van der Waals surface area contributed by atoms with E-state index in [0.717, 1.165) is 71.6 Å². The van der Waals surface area contributed by atoms with E-state index in [2.05, 4.69) is 61.6 Å². The summed E-state index contributed by atoms with van der Waals surface area (Å²) in [4.78, 5) is 37.0. The molecule has 1 saturated heterocycles. The van der Waals surface area contributed by atoms with Gasteiger partial charge in [-0.2, -0.15) is 0 Å². The standard InChI is InChI=1S/C34H33N9OS/c1-2-41-16-18-42(19-17-41)27-11-9-25(10-12-27)38-34-36-14-13-29(39-34)33-32(40-30-8-3-4-15-43(30)33)24-6-5-7-26(20-24)37-31(44)21-28-22-35-23-45-28/h3-15,20,22-23H,2,16-19,21H2,1H3,(H,37,44)(H,36,38,39). The van der Waals surface area contributed by atoms with E-state index in [4.69, 9.17) is 9.97 Å². The number of thiazole rings is 1. The number of hydrogen-bond acceptors (Lipinski definition) is 9. The van der Waals surface area contributed by atoms with Crippen molar-refractivity contribution < 1.29 is 4.79 Å². The molecule has 11 heteroatoms. The average Bonchev–Trinajstić information content (AvgIpc) is 3.73. The number of benzene rings is 2. The molecule has 1 amide bonds. The normalized spacial score (nSPS) is 13.7. The van der Waals surface area contributed by atoms with Crippen molar-refractivity contribution in [2.45, 2.75) is 13.3 Å². The molecule has 0 unspecified atom stereocenters. The number of amides is 1. The highest BCUT2D eigenvalue weighted by Gasteiger charge is 2.19. The lowest BCUT2D eigenvalue weighted by molar-refractivity contribution is -0.115. The fourth-order valence-corrected chi connectivity index (χ4v) is 6.23. The zero-order valence-electron chi connectivity index (χ0n) is 24.9. The average molecular weight is 616 g/mol. The van der Waals surface area contributed by atoms with E-state index < -0.39 is 0 Å². The Bertz CT molecular complexity index is 1910. The first-order valence-electron chi connectivity index (χ1n) is 15.1. The van der Waals surface area contributed by atoms with Crippen LogP contribution in [0, 0.1) is 0 Å². The summed E-state index contributed by atoms with van der Waals surface area (Å²) in [6.45, 7) is 7.58. The number of aromatic nitrogens is 5. The largest absolute Gasteiger partial charge is 0.369 e. The number of piperazine rings is 1. The number of nitrogens with zero attached hydrogens (tertiary/aromatic N) is 7. The molecule has 0 saturated carbocycles. The zero-order chi connectivity index (χ0) is 30.6. The van der Waals surface area contributed by atoms with Crippen molar-refractivity contribution >= 4 is 45.9 Å². The van der Waals surface area contributed by atoms with Gasteiger partial charge in [-0.05, 0) is 61.1 Å². The molecule has 0 spiro atoms. The molecule has 0 radical (unpaired) electrons. The molecule has 6 aromatic rings. The second-order valence-electron chi connectivity index (χ2n) is 10.9. The first kappa shape index (κ1) is 28.6. The number of carbonyl (C=O) groups is 1. The Morgan fingerprint density at radius 3 is 2.60 bits per heavy atom. The third-order valence-electron chi connectivity index (χ3n) is 7.97. The van der Waals surface area contributed by atoms with E-state index in [0.29, 0.717) is 11.6 Å². The first-order chi connectivity index (χ1) is 22.1. The van der Waals surface area contributed by atoms with Crippen molar-refractivity contribution in [3.8, 4) is 22.6 Å². The molecule has 2 N–H and O–H groups in total. The van der Waals surface area contributed by atoms with Gasteiger partial charge in [-0.3, -0.25) is 14.2 Å². The van der Waals surface area contributed by atoms with E-state index in [1.54, 1.807) is 17.9 Å².